The minimum Gasteiger partial charge on any atom is -0.222 e. The third-order valence-corrected chi connectivity index (χ3v) is 2.67. The molecule has 5 heteroatoms. The van der Waals surface area contributed by atoms with Gasteiger partial charge in [-0.15, -0.1) is 0 Å². The van der Waals surface area contributed by atoms with Crippen LogP contribution in [0.15, 0.2) is 18.3 Å². The van der Waals surface area contributed by atoms with E-state index >= 15 is 0 Å². The highest BCUT2D eigenvalue weighted by atomic mass is 35.5. The Morgan fingerprint density at radius 3 is 2.71 bits per heavy atom. The van der Waals surface area contributed by atoms with Gasteiger partial charge in [0, 0.05) is 18.7 Å². The molecule has 0 atom stereocenters. The fourth-order valence-electron chi connectivity index (χ4n) is 1.50. The van der Waals surface area contributed by atoms with Crippen LogP contribution in [0, 0.1) is 0 Å². The van der Waals surface area contributed by atoms with E-state index < -0.39 is 0 Å². The Morgan fingerprint density at radius 2 is 2.12 bits per heavy atom. The van der Waals surface area contributed by atoms with E-state index in [9.17, 15) is 0 Å². The van der Waals surface area contributed by atoms with E-state index in [4.69, 9.17) is 11.6 Å². The monoisotopic (exact) mass is 250 g/mol. The minimum atomic E-state index is 0.402. The predicted octanol–water partition coefficient (Wildman–Crippen LogP) is 3.00. The first-order chi connectivity index (χ1) is 8.10. The number of hydrogen-bond donors (Lipinski definition) is 0. The molecule has 0 amide bonds. The maximum atomic E-state index is 5.96. The van der Waals surface area contributed by atoms with Gasteiger partial charge in [0.25, 0.3) is 0 Å². The maximum absolute atomic E-state index is 5.96. The molecule has 0 saturated heterocycles. The van der Waals surface area contributed by atoms with E-state index in [-0.39, 0.29) is 0 Å². The van der Waals surface area contributed by atoms with Crippen molar-refractivity contribution in [3.8, 4) is 5.82 Å². The van der Waals surface area contributed by atoms with Crippen molar-refractivity contribution in [2.24, 2.45) is 0 Å². The van der Waals surface area contributed by atoms with Crippen molar-refractivity contribution in [2.45, 2.75) is 33.1 Å². The van der Waals surface area contributed by atoms with Crippen LogP contribution in [0.5, 0.6) is 0 Å². The highest BCUT2D eigenvalue weighted by Gasteiger charge is 2.07. The fourth-order valence-corrected chi connectivity index (χ4v) is 1.70. The SMILES string of the molecule is CCc1nc(Cl)cc(-n2ccc(C(C)C)n2)n1. The van der Waals surface area contributed by atoms with Gasteiger partial charge in [-0.3, -0.25) is 0 Å². The lowest BCUT2D eigenvalue weighted by Crippen LogP contribution is -2.04. The van der Waals surface area contributed by atoms with Gasteiger partial charge in [-0.1, -0.05) is 32.4 Å². The summed E-state index contributed by atoms with van der Waals surface area (Å²) in [5.41, 5.74) is 1.04. The van der Waals surface area contributed by atoms with Crippen molar-refractivity contribution in [2.75, 3.05) is 0 Å². The Balaban J connectivity index is 2.41. The third-order valence-electron chi connectivity index (χ3n) is 2.48. The second-order valence-corrected chi connectivity index (χ2v) is 4.55. The van der Waals surface area contributed by atoms with E-state index in [1.165, 1.54) is 0 Å². The zero-order valence-electron chi connectivity index (χ0n) is 10.2. The average molecular weight is 251 g/mol. The molecule has 0 aliphatic heterocycles. The molecule has 0 fully saturated rings. The van der Waals surface area contributed by atoms with E-state index in [1.54, 1.807) is 10.7 Å². The van der Waals surface area contributed by atoms with Gasteiger partial charge < -0.3 is 0 Å². The van der Waals surface area contributed by atoms with Crippen LogP contribution in [0.1, 0.15) is 38.2 Å². The van der Waals surface area contributed by atoms with Crippen LogP contribution in [0.3, 0.4) is 0 Å². The molecule has 0 saturated carbocycles. The number of hydrogen-bond acceptors (Lipinski definition) is 3. The number of rotatable bonds is 3. The highest BCUT2D eigenvalue weighted by Crippen LogP contribution is 2.15. The van der Waals surface area contributed by atoms with Crippen LogP contribution in [-0.2, 0) is 6.42 Å². The van der Waals surface area contributed by atoms with Crippen molar-refractivity contribution in [1.29, 1.82) is 0 Å². The summed E-state index contributed by atoms with van der Waals surface area (Å²) in [5, 5.41) is 4.92. The largest absolute Gasteiger partial charge is 0.222 e. The summed E-state index contributed by atoms with van der Waals surface area (Å²) in [6.07, 6.45) is 2.65. The van der Waals surface area contributed by atoms with Gasteiger partial charge in [0.05, 0.1) is 5.69 Å². The topological polar surface area (TPSA) is 43.6 Å². The van der Waals surface area contributed by atoms with E-state index in [0.29, 0.717) is 16.9 Å². The zero-order valence-corrected chi connectivity index (χ0v) is 10.9. The van der Waals surface area contributed by atoms with Crippen LogP contribution >= 0.6 is 11.6 Å². The van der Waals surface area contributed by atoms with Crippen LogP contribution in [0.25, 0.3) is 5.82 Å². The number of nitrogens with zero attached hydrogens (tertiary/aromatic N) is 4. The van der Waals surface area contributed by atoms with Gasteiger partial charge >= 0.3 is 0 Å². The Labute approximate surface area is 106 Å². The summed E-state index contributed by atoms with van der Waals surface area (Å²) < 4.78 is 1.74. The molecule has 0 bridgehead atoms. The number of halogens is 1. The first-order valence-corrected chi connectivity index (χ1v) is 6.07. The molecule has 4 nitrogen and oxygen atoms in total. The van der Waals surface area contributed by atoms with E-state index in [0.717, 1.165) is 17.9 Å². The summed E-state index contributed by atoms with van der Waals surface area (Å²) in [4.78, 5) is 8.53. The molecule has 2 heterocycles. The molecule has 0 radical (unpaired) electrons. The Morgan fingerprint density at radius 1 is 1.35 bits per heavy atom. The standard InChI is InChI=1S/C12H15ClN4/c1-4-11-14-10(13)7-12(15-11)17-6-5-9(16-17)8(2)3/h5-8H,4H2,1-3H3. The Kier molecular flexibility index (Phi) is 3.43. The molecule has 17 heavy (non-hydrogen) atoms. The predicted molar refractivity (Wildman–Crippen MR) is 67.6 cm³/mol. The molecule has 0 aromatic carbocycles. The van der Waals surface area contributed by atoms with Gasteiger partial charge in [-0.25, -0.2) is 14.6 Å². The second-order valence-electron chi connectivity index (χ2n) is 4.16. The molecule has 0 N–H and O–H groups in total. The molecule has 2 aromatic heterocycles. The molecular weight excluding hydrogens is 236 g/mol. The second kappa shape index (κ2) is 4.84. The van der Waals surface area contributed by atoms with Crippen LogP contribution in [0.2, 0.25) is 5.15 Å². The summed E-state index contributed by atoms with van der Waals surface area (Å²) in [7, 11) is 0. The first-order valence-electron chi connectivity index (χ1n) is 5.69. The average Bonchev–Trinajstić information content (AvgIpc) is 2.77. The molecule has 2 aromatic rings. The molecule has 0 unspecified atom stereocenters. The molecule has 90 valence electrons. The van der Waals surface area contributed by atoms with Crippen LogP contribution < -0.4 is 0 Å². The van der Waals surface area contributed by atoms with Crippen LogP contribution in [0.4, 0.5) is 0 Å². The van der Waals surface area contributed by atoms with Gasteiger partial charge in [-0.2, -0.15) is 5.10 Å². The minimum absolute atomic E-state index is 0.402. The molecule has 0 aliphatic rings. The Hall–Kier alpha value is -1.42. The molecular formula is C12H15ClN4. The third kappa shape index (κ3) is 2.64. The first kappa shape index (κ1) is 12.0. The highest BCUT2D eigenvalue weighted by molar-refractivity contribution is 6.29. The lowest BCUT2D eigenvalue weighted by Gasteiger charge is -2.04. The molecule has 0 aliphatic carbocycles. The van der Waals surface area contributed by atoms with Crippen molar-refractivity contribution < 1.29 is 0 Å². The van der Waals surface area contributed by atoms with Crippen LogP contribution in [-0.4, -0.2) is 19.7 Å². The molecule has 2 rings (SSSR count). The summed E-state index contributed by atoms with van der Waals surface area (Å²) >= 11 is 5.96. The van der Waals surface area contributed by atoms with Gasteiger partial charge in [-0.05, 0) is 12.0 Å². The smallest absolute Gasteiger partial charge is 0.158 e. The summed E-state index contributed by atoms with van der Waals surface area (Å²) in [6, 6.07) is 3.71. The van der Waals surface area contributed by atoms with Gasteiger partial charge in [0.15, 0.2) is 5.82 Å². The van der Waals surface area contributed by atoms with E-state index in [2.05, 4.69) is 28.9 Å². The molecule has 0 spiro atoms. The van der Waals surface area contributed by atoms with Crippen molar-refractivity contribution >= 4 is 11.6 Å². The fraction of sp³-hybridized carbons (Fsp3) is 0.417. The lowest BCUT2D eigenvalue weighted by atomic mass is 10.1. The van der Waals surface area contributed by atoms with Gasteiger partial charge in [0.2, 0.25) is 0 Å². The van der Waals surface area contributed by atoms with Gasteiger partial charge in [0.1, 0.15) is 11.0 Å². The maximum Gasteiger partial charge on any atom is 0.158 e. The normalized spacial score (nSPS) is 11.1. The van der Waals surface area contributed by atoms with Crippen molar-refractivity contribution in [3.05, 3.63) is 35.0 Å². The quantitative estimate of drug-likeness (QED) is 0.787. The Bertz CT molecular complexity index is 519. The van der Waals surface area contributed by atoms with Crippen molar-refractivity contribution in [1.82, 2.24) is 19.7 Å². The van der Waals surface area contributed by atoms with Crippen molar-refractivity contribution in [3.63, 3.8) is 0 Å². The zero-order chi connectivity index (χ0) is 12.4. The number of aromatic nitrogens is 4. The number of aryl methyl sites for hydroxylation is 1. The summed E-state index contributed by atoms with van der Waals surface area (Å²) in [5.74, 6) is 1.85. The van der Waals surface area contributed by atoms with E-state index in [1.807, 2.05) is 19.2 Å². The summed E-state index contributed by atoms with van der Waals surface area (Å²) in [6.45, 7) is 6.21. The lowest BCUT2D eigenvalue weighted by molar-refractivity contribution is 0.749.